The van der Waals surface area contributed by atoms with E-state index in [0.29, 0.717) is 5.56 Å². The highest BCUT2D eigenvalue weighted by Gasteiger charge is 2.27. The van der Waals surface area contributed by atoms with Gasteiger partial charge in [-0.25, -0.2) is 13.6 Å². The van der Waals surface area contributed by atoms with Gasteiger partial charge in [0.05, 0.1) is 6.61 Å². The van der Waals surface area contributed by atoms with Crippen LogP contribution in [0.5, 0.6) is 0 Å². The first kappa shape index (κ1) is 23.6. The Morgan fingerprint density at radius 1 is 1.00 bits per heavy atom. The third-order valence-corrected chi connectivity index (χ3v) is 6.04. The maximum atomic E-state index is 14.1. The monoisotopic (exact) mass is 457 g/mol. The molecule has 1 amide bonds. The normalized spacial score (nSPS) is 11.3. The van der Waals surface area contributed by atoms with Gasteiger partial charge in [-0.2, -0.15) is 0 Å². The summed E-state index contributed by atoms with van der Waals surface area (Å²) >= 11 is 1.16. The largest absolute Gasteiger partial charge is 0.462 e. The number of aryl methyl sites for hydroxylation is 1. The van der Waals surface area contributed by atoms with Crippen LogP contribution in [0.3, 0.4) is 0 Å². The van der Waals surface area contributed by atoms with E-state index in [2.05, 4.69) is 26.1 Å². The summed E-state index contributed by atoms with van der Waals surface area (Å²) in [4.78, 5) is 26.3. The lowest BCUT2D eigenvalue weighted by molar-refractivity contribution is 0.0529. The molecule has 0 spiro atoms. The predicted octanol–water partition coefficient (Wildman–Crippen LogP) is 6.73. The Balaban J connectivity index is 2.08. The zero-order chi connectivity index (χ0) is 23.6. The van der Waals surface area contributed by atoms with Crippen molar-refractivity contribution < 1.29 is 23.1 Å². The topological polar surface area (TPSA) is 55.4 Å². The average Bonchev–Trinajstić information content (AvgIpc) is 3.03. The van der Waals surface area contributed by atoms with E-state index < -0.39 is 29.1 Å². The van der Waals surface area contributed by atoms with Crippen molar-refractivity contribution in [2.24, 2.45) is 0 Å². The van der Waals surface area contributed by atoms with Gasteiger partial charge in [0.25, 0.3) is 5.91 Å². The molecular weight excluding hydrogens is 432 g/mol. The zero-order valence-electron chi connectivity index (χ0n) is 18.6. The fourth-order valence-electron chi connectivity index (χ4n) is 3.40. The van der Waals surface area contributed by atoms with E-state index in [1.54, 1.807) is 6.92 Å². The van der Waals surface area contributed by atoms with Crippen molar-refractivity contribution >= 4 is 28.2 Å². The minimum atomic E-state index is -0.980. The van der Waals surface area contributed by atoms with Gasteiger partial charge in [0.1, 0.15) is 27.8 Å². The quantitative estimate of drug-likeness (QED) is 0.432. The van der Waals surface area contributed by atoms with Crippen LogP contribution in [0.4, 0.5) is 13.8 Å². The smallest absolute Gasteiger partial charge is 0.341 e. The van der Waals surface area contributed by atoms with E-state index in [4.69, 9.17) is 4.74 Å². The molecule has 0 fully saturated rings. The Labute approximate surface area is 190 Å². The first-order chi connectivity index (χ1) is 15.0. The maximum absolute atomic E-state index is 14.1. The molecule has 1 aromatic heterocycles. The molecule has 0 bridgehead atoms. The van der Waals surface area contributed by atoms with E-state index in [1.165, 1.54) is 6.07 Å². The summed E-state index contributed by atoms with van der Waals surface area (Å²) in [6.45, 7) is 9.97. The van der Waals surface area contributed by atoms with Crippen LogP contribution < -0.4 is 5.32 Å². The number of nitrogens with one attached hydrogen (secondary N) is 1. The van der Waals surface area contributed by atoms with E-state index >= 15 is 0 Å². The number of carbonyl (C=O) groups is 2. The number of thiophene rings is 1. The zero-order valence-corrected chi connectivity index (χ0v) is 19.5. The first-order valence-electron chi connectivity index (χ1n) is 10.2. The number of rotatable bonds is 5. The minimum absolute atomic E-state index is 0.0326. The fraction of sp³-hybridized carbons (Fsp3) is 0.280. The van der Waals surface area contributed by atoms with Gasteiger partial charge in [-0.1, -0.05) is 51.1 Å². The second kappa shape index (κ2) is 9.20. The van der Waals surface area contributed by atoms with Crippen LogP contribution in [-0.4, -0.2) is 18.5 Å². The molecule has 1 heterocycles. The molecule has 3 rings (SSSR count). The number of amides is 1. The van der Waals surface area contributed by atoms with Crippen molar-refractivity contribution in [2.75, 3.05) is 11.9 Å². The number of hydrogen-bond acceptors (Lipinski definition) is 4. The number of hydrogen-bond donors (Lipinski definition) is 1. The summed E-state index contributed by atoms with van der Waals surface area (Å²) in [7, 11) is 0. The number of halogens is 2. The van der Waals surface area contributed by atoms with Crippen molar-refractivity contribution in [1.82, 2.24) is 0 Å². The summed E-state index contributed by atoms with van der Waals surface area (Å²) < 4.78 is 33.4. The summed E-state index contributed by atoms with van der Waals surface area (Å²) in [6.07, 6.45) is 0. The SMILES string of the molecule is CCOC(=O)c1c(NC(=O)c2c(F)cccc2F)sc(C)c1-c1ccc(C(C)(C)C)cc1. The van der Waals surface area contributed by atoms with E-state index in [9.17, 15) is 18.4 Å². The van der Waals surface area contributed by atoms with Crippen LogP contribution in [-0.2, 0) is 10.2 Å². The summed E-state index contributed by atoms with van der Waals surface area (Å²) in [6, 6.07) is 11.0. The maximum Gasteiger partial charge on any atom is 0.341 e. The Morgan fingerprint density at radius 3 is 2.12 bits per heavy atom. The molecule has 0 unspecified atom stereocenters. The molecule has 7 heteroatoms. The highest BCUT2D eigenvalue weighted by atomic mass is 32.1. The van der Waals surface area contributed by atoms with E-state index in [-0.39, 0.29) is 22.6 Å². The van der Waals surface area contributed by atoms with E-state index in [1.807, 2.05) is 31.2 Å². The van der Waals surface area contributed by atoms with Crippen LogP contribution in [0.2, 0.25) is 0 Å². The van der Waals surface area contributed by atoms with Gasteiger partial charge in [0.15, 0.2) is 0 Å². The molecule has 0 aliphatic heterocycles. The van der Waals surface area contributed by atoms with Crippen LogP contribution in [0.1, 0.15) is 58.9 Å². The van der Waals surface area contributed by atoms with E-state index in [0.717, 1.165) is 39.5 Å². The summed E-state index contributed by atoms with van der Waals surface area (Å²) in [5, 5.41) is 2.70. The molecule has 0 aliphatic carbocycles. The summed E-state index contributed by atoms with van der Waals surface area (Å²) in [5.41, 5.74) is 1.98. The predicted molar refractivity (Wildman–Crippen MR) is 123 cm³/mol. The lowest BCUT2D eigenvalue weighted by Gasteiger charge is -2.19. The molecule has 32 heavy (non-hydrogen) atoms. The van der Waals surface area contributed by atoms with Crippen LogP contribution in [0.25, 0.3) is 11.1 Å². The third-order valence-electron chi connectivity index (χ3n) is 5.02. The molecule has 0 saturated carbocycles. The molecule has 168 valence electrons. The summed E-state index contributed by atoms with van der Waals surface area (Å²) in [5.74, 6) is -3.55. The van der Waals surface area contributed by atoms with Crippen molar-refractivity contribution in [1.29, 1.82) is 0 Å². The molecule has 0 aliphatic rings. The standard InChI is InChI=1S/C25H25F2NO3S/c1-6-31-24(30)21-19(15-10-12-16(13-11-15)25(3,4)5)14(2)32-23(21)28-22(29)20-17(26)8-7-9-18(20)27/h7-13H,6H2,1-5H3,(H,28,29). The second-order valence-corrected chi connectivity index (χ2v) is 9.56. The Morgan fingerprint density at radius 2 is 1.59 bits per heavy atom. The molecule has 0 atom stereocenters. The molecule has 2 aromatic carbocycles. The van der Waals surface area contributed by atoms with Gasteiger partial charge in [0, 0.05) is 10.4 Å². The lowest BCUT2D eigenvalue weighted by atomic mass is 9.86. The molecule has 4 nitrogen and oxygen atoms in total. The first-order valence-corrected chi connectivity index (χ1v) is 11.0. The van der Waals surface area contributed by atoms with Gasteiger partial charge < -0.3 is 10.1 Å². The van der Waals surface area contributed by atoms with Crippen molar-refractivity contribution in [2.45, 2.75) is 40.0 Å². The number of benzene rings is 2. The molecule has 0 saturated heterocycles. The van der Waals surface area contributed by atoms with Gasteiger partial charge in [0.2, 0.25) is 0 Å². The third kappa shape index (κ3) is 4.72. The fourth-order valence-corrected chi connectivity index (χ4v) is 4.45. The Bertz CT molecular complexity index is 1140. The molecule has 1 N–H and O–H groups in total. The number of esters is 1. The van der Waals surface area contributed by atoms with Gasteiger partial charge >= 0.3 is 5.97 Å². The Hall–Kier alpha value is -3.06. The number of carbonyl (C=O) groups excluding carboxylic acids is 2. The second-order valence-electron chi connectivity index (χ2n) is 8.34. The number of ether oxygens (including phenoxy) is 1. The molecule has 0 radical (unpaired) electrons. The highest BCUT2D eigenvalue weighted by molar-refractivity contribution is 7.17. The van der Waals surface area contributed by atoms with Gasteiger partial charge in [-0.3, -0.25) is 4.79 Å². The average molecular weight is 458 g/mol. The van der Waals surface area contributed by atoms with Crippen LogP contribution in [0.15, 0.2) is 42.5 Å². The highest BCUT2D eigenvalue weighted by Crippen LogP contribution is 2.41. The Kier molecular flexibility index (Phi) is 6.79. The van der Waals surface area contributed by atoms with Crippen molar-refractivity contribution in [3.05, 3.63) is 75.7 Å². The minimum Gasteiger partial charge on any atom is -0.462 e. The van der Waals surface area contributed by atoms with Crippen molar-refractivity contribution in [3.8, 4) is 11.1 Å². The van der Waals surface area contributed by atoms with Crippen LogP contribution in [0, 0.1) is 18.6 Å². The van der Waals surface area contributed by atoms with Crippen LogP contribution >= 0.6 is 11.3 Å². The van der Waals surface area contributed by atoms with Gasteiger partial charge in [-0.15, -0.1) is 11.3 Å². The lowest BCUT2D eigenvalue weighted by Crippen LogP contribution is -2.17. The molecular formula is C25H25F2NO3S. The number of anilines is 1. The van der Waals surface area contributed by atoms with Gasteiger partial charge in [-0.05, 0) is 42.5 Å². The molecule has 3 aromatic rings. The van der Waals surface area contributed by atoms with Crippen molar-refractivity contribution in [3.63, 3.8) is 0 Å².